The molecule has 0 amide bonds. The topological polar surface area (TPSA) is 107 Å². The maximum absolute atomic E-state index is 12.7. The molecule has 0 aliphatic rings. The third-order valence-electron chi connectivity index (χ3n) is 5.58. The largest absolute Gasteiger partial charge is 0.417 e. The number of para-hydroxylation sites is 1. The van der Waals surface area contributed by atoms with Crippen LogP contribution in [0.1, 0.15) is 46.5 Å². The van der Waals surface area contributed by atoms with Gasteiger partial charge in [-0.25, -0.2) is 8.42 Å². The third-order valence-corrected chi connectivity index (χ3v) is 11.8. The molecule has 1 aromatic carbocycles. The summed E-state index contributed by atoms with van der Waals surface area (Å²) in [5.41, 5.74) is 0.553. The van der Waals surface area contributed by atoms with Crippen LogP contribution in [0.3, 0.4) is 0 Å². The summed E-state index contributed by atoms with van der Waals surface area (Å²) in [6.07, 6.45) is 1.97. The number of nitrogens with zero attached hydrogens (tertiary/aromatic N) is 4. The van der Waals surface area contributed by atoms with Crippen LogP contribution in [0.25, 0.3) is 5.69 Å². The summed E-state index contributed by atoms with van der Waals surface area (Å²) >= 11 is 0. The van der Waals surface area contributed by atoms with Crippen LogP contribution in [0, 0.1) is 0 Å². The SMILES string of the molecule is CC(C)(C)[Si](C)(C)OCCCCC[C@H](O)CS(=O)(=O)c1nnnn1-c1ccccc1. The van der Waals surface area contributed by atoms with E-state index in [2.05, 4.69) is 49.4 Å². The molecule has 0 saturated heterocycles. The van der Waals surface area contributed by atoms with E-state index in [1.54, 1.807) is 24.3 Å². The van der Waals surface area contributed by atoms with E-state index in [9.17, 15) is 13.5 Å². The van der Waals surface area contributed by atoms with Crippen molar-refractivity contribution in [3.8, 4) is 5.69 Å². The molecule has 2 aromatic rings. The lowest BCUT2D eigenvalue weighted by atomic mass is 10.1. The lowest BCUT2D eigenvalue weighted by molar-refractivity contribution is 0.180. The molecule has 0 saturated carbocycles. The summed E-state index contributed by atoms with van der Waals surface area (Å²) in [7, 11) is -5.55. The highest BCUT2D eigenvalue weighted by Gasteiger charge is 2.36. The first-order valence-corrected chi connectivity index (χ1v) is 14.9. The molecule has 0 spiro atoms. The molecule has 1 N–H and O–H groups in total. The van der Waals surface area contributed by atoms with Crippen LogP contribution in [0.2, 0.25) is 18.1 Å². The standard InChI is InChI=1S/C20H34N4O4SSi/c1-20(2,3)30(4,5)28-15-11-7-10-14-18(25)16-29(26,27)19-21-22-23-24(19)17-12-8-6-9-13-17/h6,8-9,12-13,18,25H,7,10-11,14-16H2,1-5H3/t18-/m0/s1. The van der Waals surface area contributed by atoms with Gasteiger partial charge in [0, 0.05) is 6.61 Å². The predicted molar refractivity (Wildman–Crippen MR) is 119 cm³/mol. The van der Waals surface area contributed by atoms with Crippen LogP contribution >= 0.6 is 0 Å². The molecule has 0 unspecified atom stereocenters. The maximum Gasteiger partial charge on any atom is 0.272 e. The van der Waals surface area contributed by atoms with Crippen molar-refractivity contribution >= 4 is 18.2 Å². The summed E-state index contributed by atoms with van der Waals surface area (Å²) in [6.45, 7) is 11.8. The minimum atomic E-state index is -3.82. The minimum Gasteiger partial charge on any atom is -0.417 e. The quantitative estimate of drug-likeness (QED) is 0.410. The molecule has 0 fully saturated rings. The monoisotopic (exact) mass is 454 g/mol. The van der Waals surface area contributed by atoms with Gasteiger partial charge in [-0.3, -0.25) is 0 Å². The summed E-state index contributed by atoms with van der Waals surface area (Å²) in [5, 5.41) is 21.1. The number of aliphatic hydroxyl groups excluding tert-OH is 1. The lowest BCUT2D eigenvalue weighted by Crippen LogP contribution is -2.40. The highest BCUT2D eigenvalue weighted by molar-refractivity contribution is 7.91. The van der Waals surface area contributed by atoms with Crippen molar-refractivity contribution in [3.63, 3.8) is 0 Å². The van der Waals surface area contributed by atoms with Gasteiger partial charge in [-0.1, -0.05) is 56.9 Å². The second kappa shape index (κ2) is 10.1. The van der Waals surface area contributed by atoms with E-state index in [1.165, 1.54) is 4.68 Å². The number of hydrogen-bond acceptors (Lipinski definition) is 7. The van der Waals surface area contributed by atoms with Gasteiger partial charge in [-0.2, -0.15) is 4.68 Å². The number of unbranched alkanes of at least 4 members (excludes halogenated alkanes) is 2. The van der Waals surface area contributed by atoms with Gasteiger partial charge in [0.05, 0.1) is 17.5 Å². The van der Waals surface area contributed by atoms with Gasteiger partial charge in [0.2, 0.25) is 9.84 Å². The molecule has 0 aliphatic carbocycles. The van der Waals surface area contributed by atoms with E-state index in [-0.39, 0.29) is 10.2 Å². The molecule has 30 heavy (non-hydrogen) atoms. The summed E-state index contributed by atoms with van der Waals surface area (Å²) in [6, 6.07) is 8.81. The molecule has 8 nitrogen and oxygen atoms in total. The van der Waals surface area contributed by atoms with E-state index in [4.69, 9.17) is 4.43 Å². The second-order valence-corrected chi connectivity index (χ2v) is 15.8. The van der Waals surface area contributed by atoms with Crippen LogP contribution < -0.4 is 0 Å². The van der Waals surface area contributed by atoms with Crippen LogP contribution in [0.15, 0.2) is 35.5 Å². The number of aliphatic hydroxyl groups is 1. The zero-order valence-corrected chi connectivity index (χ0v) is 20.4. The van der Waals surface area contributed by atoms with E-state index >= 15 is 0 Å². The Morgan fingerprint density at radius 1 is 1.13 bits per heavy atom. The van der Waals surface area contributed by atoms with Crippen molar-refractivity contribution in [3.05, 3.63) is 30.3 Å². The Hall–Kier alpha value is -1.62. The Balaban J connectivity index is 1.80. The number of rotatable bonds is 11. The molecule has 0 radical (unpaired) electrons. The van der Waals surface area contributed by atoms with Crippen LogP contribution in [0.4, 0.5) is 0 Å². The second-order valence-electron chi connectivity index (χ2n) is 9.10. The van der Waals surface area contributed by atoms with E-state index in [1.807, 2.05) is 6.07 Å². The molecular formula is C20H34N4O4SSi. The molecule has 168 valence electrons. The van der Waals surface area contributed by atoms with E-state index in [0.29, 0.717) is 18.7 Å². The predicted octanol–water partition coefficient (Wildman–Crippen LogP) is 3.38. The molecule has 2 rings (SSSR count). The Morgan fingerprint density at radius 2 is 1.80 bits per heavy atom. The summed E-state index contributed by atoms with van der Waals surface area (Å²) in [4.78, 5) is 0. The van der Waals surface area contributed by atoms with Gasteiger partial charge in [0.25, 0.3) is 5.16 Å². The normalized spacial score (nSPS) is 14.1. The molecule has 1 heterocycles. The molecular weight excluding hydrogens is 420 g/mol. The first kappa shape index (κ1) is 24.6. The molecule has 0 aliphatic heterocycles. The van der Waals surface area contributed by atoms with Crippen molar-refractivity contribution in [2.45, 2.75) is 75.8 Å². The average Bonchev–Trinajstić information content (AvgIpc) is 3.15. The van der Waals surface area contributed by atoms with E-state index < -0.39 is 30.0 Å². The van der Waals surface area contributed by atoms with Gasteiger partial charge in [0.15, 0.2) is 8.32 Å². The van der Waals surface area contributed by atoms with Gasteiger partial charge in [-0.15, -0.1) is 0 Å². The first-order chi connectivity index (χ1) is 13.9. The van der Waals surface area contributed by atoms with Gasteiger partial charge in [-0.05, 0) is 53.5 Å². The number of hydrogen-bond donors (Lipinski definition) is 1. The van der Waals surface area contributed by atoms with Crippen molar-refractivity contribution in [2.75, 3.05) is 12.4 Å². The highest BCUT2D eigenvalue weighted by atomic mass is 32.2. The van der Waals surface area contributed by atoms with E-state index in [0.717, 1.165) is 19.3 Å². The van der Waals surface area contributed by atoms with Crippen LogP contribution in [-0.4, -0.2) is 60.5 Å². The average molecular weight is 455 g/mol. The minimum absolute atomic E-state index is 0.187. The lowest BCUT2D eigenvalue weighted by Gasteiger charge is -2.36. The zero-order valence-electron chi connectivity index (χ0n) is 18.6. The smallest absolute Gasteiger partial charge is 0.272 e. The Kier molecular flexibility index (Phi) is 8.32. The zero-order chi connectivity index (χ0) is 22.4. The molecule has 10 heteroatoms. The summed E-state index contributed by atoms with van der Waals surface area (Å²) in [5.74, 6) is -0.402. The maximum atomic E-state index is 12.7. The van der Waals surface area contributed by atoms with Crippen LogP contribution in [0.5, 0.6) is 0 Å². The molecule has 0 bridgehead atoms. The van der Waals surface area contributed by atoms with Crippen LogP contribution in [-0.2, 0) is 14.3 Å². The van der Waals surface area contributed by atoms with Crippen molar-refractivity contribution in [2.24, 2.45) is 0 Å². The third kappa shape index (κ3) is 6.69. The van der Waals surface area contributed by atoms with Gasteiger partial charge < -0.3 is 9.53 Å². The number of benzene rings is 1. The Morgan fingerprint density at radius 3 is 2.43 bits per heavy atom. The Labute approximate surface area is 180 Å². The fourth-order valence-electron chi connectivity index (χ4n) is 2.72. The fraction of sp³-hybridized carbons (Fsp3) is 0.650. The summed E-state index contributed by atoms with van der Waals surface area (Å²) < 4.78 is 32.7. The van der Waals surface area contributed by atoms with Crippen molar-refractivity contribution in [1.29, 1.82) is 0 Å². The first-order valence-electron chi connectivity index (χ1n) is 10.3. The number of sulfone groups is 1. The van der Waals surface area contributed by atoms with Gasteiger partial charge in [0.1, 0.15) is 0 Å². The highest BCUT2D eigenvalue weighted by Crippen LogP contribution is 2.36. The molecule has 1 aromatic heterocycles. The fourth-order valence-corrected chi connectivity index (χ4v) is 5.19. The van der Waals surface area contributed by atoms with Crippen molar-refractivity contribution < 1.29 is 18.0 Å². The van der Waals surface area contributed by atoms with Crippen molar-refractivity contribution in [1.82, 2.24) is 20.2 Å². The number of aromatic nitrogens is 4. The van der Waals surface area contributed by atoms with Gasteiger partial charge >= 0.3 is 0 Å². The molecule has 1 atom stereocenters. The number of tetrazole rings is 1. The Bertz CT molecular complexity index is 895.